The lowest BCUT2D eigenvalue weighted by Gasteiger charge is -2.27. The molecule has 0 radical (unpaired) electrons. The second-order valence-corrected chi connectivity index (χ2v) is 10.1. The molecule has 1 aromatic heterocycles. The molecule has 33 heavy (non-hydrogen) atoms. The standard InChI is InChI=1S/C30H46N2O/c1-3-5-6-7-8-9-10-11-13-27-22-31-30(32-23-27)28-18-14-26(15-19-28)24-33-29-20-16-25(12-4-2)17-21-29/h16-17,20-23,26,28H,3-15,18-19,24H2,1-2H3/t26-,28-. The zero-order valence-electron chi connectivity index (χ0n) is 21.2. The molecule has 1 saturated carbocycles. The van der Waals surface area contributed by atoms with Crippen LogP contribution in [0.25, 0.3) is 0 Å². The third kappa shape index (κ3) is 9.47. The van der Waals surface area contributed by atoms with Crippen molar-refractivity contribution in [3.63, 3.8) is 0 Å². The fraction of sp³-hybridized carbons (Fsp3) is 0.667. The number of unbranched alkanes of at least 4 members (excludes halogenated alkanes) is 7. The van der Waals surface area contributed by atoms with Gasteiger partial charge in [-0.05, 0) is 74.1 Å². The summed E-state index contributed by atoms with van der Waals surface area (Å²) in [5.41, 5.74) is 2.70. The summed E-state index contributed by atoms with van der Waals surface area (Å²) in [5, 5.41) is 0. The van der Waals surface area contributed by atoms with Gasteiger partial charge in [0.1, 0.15) is 11.6 Å². The molecule has 1 heterocycles. The van der Waals surface area contributed by atoms with Crippen LogP contribution in [0.3, 0.4) is 0 Å². The largest absolute Gasteiger partial charge is 0.493 e. The molecule has 0 N–H and O–H groups in total. The van der Waals surface area contributed by atoms with Gasteiger partial charge < -0.3 is 4.74 Å². The average Bonchev–Trinajstić information content (AvgIpc) is 2.86. The van der Waals surface area contributed by atoms with Crippen LogP contribution in [0.5, 0.6) is 5.75 Å². The minimum absolute atomic E-state index is 0.520. The SMILES string of the molecule is CCCCCCCCCCc1cnc([C@H]2CC[C@H](COc3ccc(CCC)cc3)CC2)nc1. The molecule has 0 bridgehead atoms. The quantitative estimate of drug-likeness (QED) is 0.255. The number of benzene rings is 1. The second kappa shape index (κ2) is 15.1. The third-order valence-electron chi connectivity index (χ3n) is 7.20. The van der Waals surface area contributed by atoms with E-state index in [4.69, 9.17) is 14.7 Å². The van der Waals surface area contributed by atoms with Crippen LogP contribution < -0.4 is 4.74 Å². The molecule has 1 aliphatic rings. The van der Waals surface area contributed by atoms with Crippen LogP contribution in [-0.4, -0.2) is 16.6 Å². The van der Waals surface area contributed by atoms with E-state index >= 15 is 0 Å². The van der Waals surface area contributed by atoms with Crippen molar-refractivity contribution in [3.05, 3.63) is 53.6 Å². The fourth-order valence-electron chi connectivity index (χ4n) is 5.01. The number of ether oxygens (including phenoxy) is 1. The number of hydrogen-bond donors (Lipinski definition) is 0. The Kier molecular flexibility index (Phi) is 11.8. The van der Waals surface area contributed by atoms with Crippen molar-refractivity contribution in [2.24, 2.45) is 5.92 Å². The predicted octanol–water partition coefficient (Wildman–Crippen LogP) is 8.47. The zero-order chi connectivity index (χ0) is 23.1. The van der Waals surface area contributed by atoms with Gasteiger partial charge in [0.05, 0.1) is 6.61 Å². The molecule has 1 fully saturated rings. The van der Waals surface area contributed by atoms with Crippen LogP contribution in [0.4, 0.5) is 0 Å². The Morgan fingerprint density at radius 3 is 1.97 bits per heavy atom. The zero-order valence-corrected chi connectivity index (χ0v) is 21.2. The summed E-state index contributed by atoms with van der Waals surface area (Å²) in [6.45, 7) is 5.33. The lowest BCUT2D eigenvalue weighted by molar-refractivity contribution is 0.198. The molecule has 2 aromatic rings. The van der Waals surface area contributed by atoms with Crippen molar-refractivity contribution >= 4 is 0 Å². The molecule has 1 aliphatic carbocycles. The van der Waals surface area contributed by atoms with Crippen LogP contribution in [0.2, 0.25) is 0 Å². The summed E-state index contributed by atoms with van der Waals surface area (Å²) in [6, 6.07) is 8.65. The molecule has 0 saturated heterocycles. The summed E-state index contributed by atoms with van der Waals surface area (Å²) in [4.78, 5) is 9.50. The van der Waals surface area contributed by atoms with Crippen LogP contribution in [0, 0.1) is 5.92 Å². The fourth-order valence-corrected chi connectivity index (χ4v) is 5.01. The Labute approximate surface area is 202 Å². The number of aryl methyl sites for hydroxylation is 2. The highest BCUT2D eigenvalue weighted by atomic mass is 16.5. The molecule has 0 unspecified atom stereocenters. The van der Waals surface area contributed by atoms with Gasteiger partial charge in [-0.2, -0.15) is 0 Å². The van der Waals surface area contributed by atoms with E-state index < -0.39 is 0 Å². The number of rotatable bonds is 15. The Morgan fingerprint density at radius 1 is 0.697 bits per heavy atom. The van der Waals surface area contributed by atoms with Crippen LogP contribution in [-0.2, 0) is 12.8 Å². The smallest absolute Gasteiger partial charge is 0.131 e. The summed E-state index contributed by atoms with van der Waals surface area (Å²) in [6.07, 6.45) is 23.3. The summed E-state index contributed by atoms with van der Waals surface area (Å²) in [5.74, 6) is 3.23. The lowest BCUT2D eigenvalue weighted by Crippen LogP contribution is -2.20. The van der Waals surface area contributed by atoms with Crippen molar-refractivity contribution in [1.82, 2.24) is 9.97 Å². The molecule has 182 valence electrons. The van der Waals surface area contributed by atoms with E-state index in [-0.39, 0.29) is 0 Å². The molecule has 0 aliphatic heterocycles. The van der Waals surface area contributed by atoms with Crippen LogP contribution in [0.15, 0.2) is 36.7 Å². The Bertz CT molecular complexity index is 748. The highest BCUT2D eigenvalue weighted by molar-refractivity contribution is 5.27. The van der Waals surface area contributed by atoms with E-state index in [2.05, 4.69) is 50.5 Å². The molecule has 0 atom stereocenters. The van der Waals surface area contributed by atoms with Crippen LogP contribution >= 0.6 is 0 Å². The van der Waals surface area contributed by atoms with E-state index in [1.54, 1.807) is 0 Å². The third-order valence-corrected chi connectivity index (χ3v) is 7.20. The first-order valence-corrected chi connectivity index (χ1v) is 13.8. The summed E-state index contributed by atoms with van der Waals surface area (Å²) in [7, 11) is 0. The van der Waals surface area contributed by atoms with Gasteiger partial charge in [-0.1, -0.05) is 77.3 Å². The normalized spacial score (nSPS) is 18.4. The maximum absolute atomic E-state index is 6.08. The Morgan fingerprint density at radius 2 is 1.33 bits per heavy atom. The Hall–Kier alpha value is -1.90. The van der Waals surface area contributed by atoms with Crippen LogP contribution in [0.1, 0.15) is 120 Å². The molecular weight excluding hydrogens is 404 g/mol. The number of hydrogen-bond acceptors (Lipinski definition) is 3. The van der Waals surface area contributed by atoms with Crippen molar-refractivity contribution in [3.8, 4) is 5.75 Å². The summed E-state index contributed by atoms with van der Waals surface area (Å²) < 4.78 is 6.08. The second-order valence-electron chi connectivity index (χ2n) is 10.1. The Balaban J connectivity index is 1.30. The van der Waals surface area contributed by atoms with E-state index in [0.717, 1.165) is 31.0 Å². The van der Waals surface area contributed by atoms with E-state index in [0.29, 0.717) is 11.8 Å². The highest BCUT2D eigenvalue weighted by Gasteiger charge is 2.24. The van der Waals surface area contributed by atoms with Crippen molar-refractivity contribution in [2.75, 3.05) is 6.61 Å². The molecule has 0 spiro atoms. The molecule has 3 rings (SSSR count). The van der Waals surface area contributed by atoms with Gasteiger partial charge in [-0.25, -0.2) is 9.97 Å². The molecule has 1 aromatic carbocycles. The van der Waals surface area contributed by atoms with Gasteiger partial charge >= 0.3 is 0 Å². The van der Waals surface area contributed by atoms with E-state index in [1.807, 2.05) is 0 Å². The van der Waals surface area contributed by atoms with Crippen molar-refractivity contribution in [1.29, 1.82) is 0 Å². The monoisotopic (exact) mass is 450 g/mol. The predicted molar refractivity (Wildman–Crippen MR) is 139 cm³/mol. The van der Waals surface area contributed by atoms with Gasteiger partial charge in [0, 0.05) is 18.3 Å². The first-order chi connectivity index (χ1) is 16.3. The van der Waals surface area contributed by atoms with Crippen molar-refractivity contribution < 1.29 is 4.74 Å². The lowest BCUT2D eigenvalue weighted by atomic mass is 9.82. The van der Waals surface area contributed by atoms with Gasteiger partial charge in [-0.3, -0.25) is 0 Å². The number of nitrogens with zero attached hydrogens (tertiary/aromatic N) is 2. The van der Waals surface area contributed by atoms with Gasteiger partial charge in [0.25, 0.3) is 0 Å². The van der Waals surface area contributed by atoms with Gasteiger partial charge in [-0.15, -0.1) is 0 Å². The first-order valence-electron chi connectivity index (χ1n) is 13.8. The average molecular weight is 451 g/mol. The van der Waals surface area contributed by atoms with E-state index in [1.165, 1.54) is 94.6 Å². The highest BCUT2D eigenvalue weighted by Crippen LogP contribution is 2.34. The summed E-state index contributed by atoms with van der Waals surface area (Å²) >= 11 is 0. The molecule has 3 nitrogen and oxygen atoms in total. The van der Waals surface area contributed by atoms with Gasteiger partial charge in [0.15, 0.2) is 0 Å². The van der Waals surface area contributed by atoms with E-state index in [9.17, 15) is 0 Å². The topological polar surface area (TPSA) is 35.0 Å². The first kappa shape index (κ1) is 25.7. The minimum Gasteiger partial charge on any atom is -0.493 e. The minimum atomic E-state index is 0.520. The van der Waals surface area contributed by atoms with Crippen molar-refractivity contribution in [2.45, 2.75) is 116 Å². The molecule has 3 heteroatoms. The van der Waals surface area contributed by atoms with Gasteiger partial charge in [0.2, 0.25) is 0 Å². The molecular formula is C30H46N2O. The maximum Gasteiger partial charge on any atom is 0.131 e. The molecule has 0 amide bonds. The maximum atomic E-state index is 6.08. The number of aromatic nitrogens is 2.